The molecule has 0 unspecified atom stereocenters. The molecule has 1 aromatic carbocycles. The van der Waals surface area contributed by atoms with E-state index in [-0.39, 0.29) is 11.1 Å². The summed E-state index contributed by atoms with van der Waals surface area (Å²) in [5, 5.41) is 2.70. The van der Waals surface area contributed by atoms with Crippen LogP contribution in [0.3, 0.4) is 0 Å². The van der Waals surface area contributed by atoms with Gasteiger partial charge in [0.1, 0.15) is 11.7 Å². The van der Waals surface area contributed by atoms with E-state index in [0.29, 0.717) is 6.42 Å². The Morgan fingerprint density at radius 3 is 2.32 bits per heavy atom. The fourth-order valence-corrected chi connectivity index (χ4v) is 2.44. The summed E-state index contributed by atoms with van der Waals surface area (Å²) in [6.07, 6.45) is 1.89. The van der Waals surface area contributed by atoms with Crippen molar-refractivity contribution in [2.24, 2.45) is 0 Å². The van der Waals surface area contributed by atoms with E-state index in [9.17, 15) is 9.59 Å². The minimum atomic E-state index is -0.764. The summed E-state index contributed by atoms with van der Waals surface area (Å²) in [7, 11) is 1.31. The van der Waals surface area contributed by atoms with Gasteiger partial charge in [-0.15, -0.1) is 0 Å². The summed E-state index contributed by atoms with van der Waals surface area (Å²) >= 11 is 0. The van der Waals surface area contributed by atoms with Gasteiger partial charge in [0.05, 0.1) is 7.11 Å². The fourth-order valence-electron chi connectivity index (χ4n) is 2.44. The number of methoxy groups -OCH3 is 1. The zero-order valence-electron chi connectivity index (χ0n) is 15.1. The molecule has 0 radical (unpaired) electrons. The number of carbonyl (C=O) groups is 2. The second-order valence-electron chi connectivity index (χ2n) is 6.92. The maximum absolute atomic E-state index is 12.3. The lowest BCUT2D eigenvalue weighted by Crippen LogP contribution is -2.43. The molecule has 1 N–H and O–H groups in total. The minimum absolute atomic E-state index is 0.0630. The molecular formula is C20H24N2O3. The summed E-state index contributed by atoms with van der Waals surface area (Å²) in [4.78, 5) is 28.3. The van der Waals surface area contributed by atoms with Gasteiger partial charge < -0.3 is 10.1 Å². The van der Waals surface area contributed by atoms with Crippen LogP contribution in [0.4, 0.5) is 0 Å². The van der Waals surface area contributed by atoms with Gasteiger partial charge in [0, 0.05) is 12.6 Å². The summed E-state index contributed by atoms with van der Waals surface area (Å²) in [5.41, 5.74) is 2.49. The number of nitrogens with one attached hydrogen (secondary N) is 1. The van der Waals surface area contributed by atoms with E-state index in [2.05, 4.69) is 31.1 Å². The number of rotatable bonds is 5. The van der Waals surface area contributed by atoms with Crippen LogP contribution in [0, 0.1) is 0 Å². The van der Waals surface area contributed by atoms with E-state index >= 15 is 0 Å². The lowest BCUT2D eigenvalue weighted by molar-refractivity contribution is -0.142. The maximum Gasteiger partial charge on any atom is 0.328 e. The number of esters is 1. The second-order valence-corrected chi connectivity index (χ2v) is 6.92. The topological polar surface area (TPSA) is 68.3 Å². The molecule has 5 nitrogen and oxygen atoms in total. The molecule has 5 heteroatoms. The fraction of sp³-hybridized carbons (Fsp3) is 0.350. The van der Waals surface area contributed by atoms with E-state index in [1.165, 1.54) is 18.9 Å². The average molecular weight is 340 g/mol. The number of pyridine rings is 1. The van der Waals surface area contributed by atoms with Gasteiger partial charge in [0.2, 0.25) is 0 Å². The molecule has 132 valence electrons. The van der Waals surface area contributed by atoms with Gasteiger partial charge in [-0.25, -0.2) is 4.79 Å². The van der Waals surface area contributed by atoms with E-state index in [4.69, 9.17) is 4.74 Å². The summed E-state index contributed by atoms with van der Waals surface area (Å²) < 4.78 is 4.83. The Labute approximate surface area is 148 Å². The maximum atomic E-state index is 12.3. The summed E-state index contributed by atoms with van der Waals surface area (Å²) in [5.74, 6) is -0.883. The van der Waals surface area contributed by atoms with E-state index in [1.54, 1.807) is 18.2 Å². The quantitative estimate of drug-likeness (QED) is 0.850. The number of nitrogens with zero attached hydrogens (tertiary/aromatic N) is 1. The van der Waals surface area contributed by atoms with Crippen molar-refractivity contribution in [3.05, 3.63) is 65.5 Å². The Kier molecular flexibility index (Phi) is 5.91. The highest BCUT2D eigenvalue weighted by molar-refractivity contribution is 5.95. The molecule has 0 saturated carbocycles. The molecule has 0 fully saturated rings. The number of ether oxygens (including phenoxy) is 1. The second kappa shape index (κ2) is 7.92. The molecule has 0 aliphatic carbocycles. The van der Waals surface area contributed by atoms with Crippen LogP contribution < -0.4 is 5.32 Å². The highest BCUT2D eigenvalue weighted by Gasteiger charge is 2.23. The van der Waals surface area contributed by atoms with Crippen LogP contribution in [0.25, 0.3) is 0 Å². The Morgan fingerprint density at radius 1 is 1.12 bits per heavy atom. The molecule has 1 heterocycles. The van der Waals surface area contributed by atoms with Gasteiger partial charge in [0.15, 0.2) is 0 Å². The van der Waals surface area contributed by atoms with Crippen molar-refractivity contribution >= 4 is 11.9 Å². The first-order valence-electron chi connectivity index (χ1n) is 8.20. The molecule has 25 heavy (non-hydrogen) atoms. The van der Waals surface area contributed by atoms with Crippen LogP contribution in [0.1, 0.15) is 42.4 Å². The van der Waals surface area contributed by atoms with Crippen molar-refractivity contribution in [3.8, 4) is 0 Å². The Morgan fingerprint density at radius 2 is 1.80 bits per heavy atom. The van der Waals surface area contributed by atoms with Crippen molar-refractivity contribution in [2.45, 2.75) is 38.6 Å². The van der Waals surface area contributed by atoms with Crippen molar-refractivity contribution < 1.29 is 14.3 Å². The molecule has 2 aromatic rings. The van der Waals surface area contributed by atoms with Crippen LogP contribution in [0.15, 0.2) is 48.7 Å². The molecule has 0 bridgehead atoms. The number of hydrogen-bond acceptors (Lipinski definition) is 4. The molecule has 0 spiro atoms. The minimum Gasteiger partial charge on any atom is -0.467 e. The van der Waals surface area contributed by atoms with Gasteiger partial charge in [-0.1, -0.05) is 51.1 Å². The predicted octanol–water partition coefficient (Wildman–Crippen LogP) is 2.89. The van der Waals surface area contributed by atoms with Crippen LogP contribution >= 0.6 is 0 Å². The SMILES string of the molecule is COC(=O)[C@H](Cc1ccc(C(C)(C)C)cc1)NC(=O)c1ccccn1. The highest BCUT2D eigenvalue weighted by Crippen LogP contribution is 2.22. The van der Waals surface area contributed by atoms with Crippen LogP contribution in [0.2, 0.25) is 0 Å². The van der Waals surface area contributed by atoms with Crippen molar-refractivity contribution in [2.75, 3.05) is 7.11 Å². The number of benzene rings is 1. The Balaban J connectivity index is 2.13. The number of carbonyl (C=O) groups excluding carboxylic acids is 2. The highest BCUT2D eigenvalue weighted by atomic mass is 16.5. The molecular weight excluding hydrogens is 316 g/mol. The molecule has 1 aromatic heterocycles. The smallest absolute Gasteiger partial charge is 0.328 e. The summed E-state index contributed by atoms with van der Waals surface area (Å²) in [6.45, 7) is 6.44. The monoisotopic (exact) mass is 340 g/mol. The van der Waals surface area contributed by atoms with Gasteiger partial charge in [-0.05, 0) is 28.7 Å². The first-order valence-corrected chi connectivity index (χ1v) is 8.20. The van der Waals surface area contributed by atoms with Crippen LogP contribution in [-0.4, -0.2) is 30.0 Å². The molecule has 2 rings (SSSR count). The van der Waals surface area contributed by atoms with Gasteiger partial charge >= 0.3 is 5.97 Å². The number of aromatic nitrogens is 1. The van der Waals surface area contributed by atoms with E-state index in [0.717, 1.165) is 5.56 Å². The third-order valence-electron chi connectivity index (χ3n) is 3.95. The average Bonchev–Trinajstić information content (AvgIpc) is 2.60. The normalized spacial score (nSPS) is 12.3. The zero-order chi connectivity index (χ0) is 18.4. The van der Waals surface area contributed by atoms with E-state index < -0.39 is 17.9 Å². The van der Waals surface area contributed by atoms with Crippen molar-refractivity contribution in [1.82, 2.24) is 10.3 Å². The van der Waals surface area contributed by atoms with Gasteiger partial charge in [0.25, 0.3) is 5.91 Å². The third kappa shape index (κ3) is 5.14. The molecule has 0 aliphatic rings. The van der Waals surface area contributed by atoms with Crippen molar-refractivity contribution in [1.29, 1.82) is 0 Å². The van der Waals surface area contributed by atoms with Gasteiger partial charge in [-0.2, -0.15) is 0 Å². The Bertz CT molecular complexity index is 719. The molecule has 1 atom stereocenters. The summed E-state index contributed by atoms with van der Waals surface area (Å²) in [6, 6.07) is 12.3. The zero-order valence-corrected chi connectivity index (χ0v) is 15.1. The largest absolute Gasteiger partial charge is 0.467 e. The molecule has 0 aliphatic heterocycles. The number of amides is 1. The number of hydrogen-bond donors (Lipinski definition) is 1. The van der Waals surface area contributed by atoms with Crippen LogP contribution in [-0.2, 0) is 21.4 Å². The molecule has 0 saturated heterocycles. The molecule has 1 amide bonds. The predicted molar refractivity (Wildman–Crippen MR) is 96.4 cm³/mol. The van der Waals surface area contributed by atoms with Crippen molar-refractivity contribution in [3.63, 3.8) is 0 Å². The lowest BCUT2D eigenvalue weighted by Gasteiger charge is -2.20. The first kappa shape index (κ1) is 18.6. The van der Waals surface area contributed by atoms with E-state index in [1.807, 2.05) is 24.3 Å². The standard InChI is InChI=1S/C20H24N2O3/c1-20(2,3)15-10-8-14(9-11-15)13-17(19(24)25-4)22-18(23)16-7-5-6-12-21-16/h5-12,17H,13H2,1-4H3,(H,22,23)/t17-/m0/s1. The first-order chi connectivity index (χ1) is 11.8. The van der Waals surface area contributed by atoms with Crippen LogP contribution in [0.5, 0.6) is 0 Å². The van der Waals surface area contributed by atoms with Gasteiger partial charge in [-0.3, -0.25) is 9.78 Å². The third-order valence-corrected chi connectivity index (χ3v) is 3.95. The lowest BCUT2D eigenvalue weighted by atomic mass is 9.86. The Hall–Kier alpha value is -2.69.